The quantitative estimate of drug-likeness (QED) is 0.880. The van der Waals surface area contributed by atoms with E-state index in [-0.39, 0.29) is 11.9 Å². The van der Waals surface area contributed by atoms with Crippen molar-refractivity contribution in [1.29, 1.82) is 0 Å². The van der Waals surface area contributed by atoms with E-state index in [1.54, 1.807) is 13.0 Å². The van der Waals surface area contributed by atoms with Crippen LogP contribution in [0.1, 0.15) is 25.5 Å². The molecule has 0 saturated heterocycles. The Bertz CT molecular complexity index is 368. The first-order valence-electron chi connectivity index (χ1n) is 5.14. The first-order valence-corrected chi connectivity index (χ1v) is 5.51. The number of ether oxygens (including phenoxy) is 1. The van der Waals surface area contributed by atoms with Crippen molar-refractivity contribution >= 4 is 17.5 Å². The summed E-state index contributed by atoms with van der Waals surface area (Å²) < 4.78 is 4.93. The fraction of sp³-hybridized carbons (Fsp3) is 0.417. The second kappa shape index (κ2) is 5.87. The third-order valence-electron chi connectivity index (χ3n) is 2.45. The lowest BCUT2D eigenvalue weighted by atomic mass is 10.1. The van der Waals surface area contributed by atoms with Gasteiger partial charge in [-0.25, -0.2) is 0 Å². The average molecular weight is 242 g/mol. The minimum absolute atomic E-state index is 0.126. The molecule has 1 aromatic rings. The van der Waals surface area contributed by atoms with Crippen molar-refractivity contribution in [1.82, 2.24) is 5.32 Å². The predicted octanol–water partition coefficient (Wildman–Crippen LogP) is 2.55. The molecule has 0 bridgehead atoms. The van der Waals surface area contributed by atoms with Crippen molar-refractivity contribution in [3.05, 3.63) is 34.9 Å². The van der Waals surface area contributed by atoms with Crippen LogP contribution in [-0.4, -0.2) is 19.1 Å². The highest BCUT2D eigenvalue weighted by molar-refractivity contribution is 6.31. The SMILES string of the molecule is COC(C)C(=O)NC(C)c1ccccc1Cl. The molecule has 3 nitrogen and oxygen atoms in total. The van der Waals surface area contributed by atoms with Crippen molar-refractivity contribution in [3.63, 3.8) is 0 Å². The Balaban J connectivity index is 2.69. The summed E-state index contributed by atoms with van der Waals surface area (Å²) >= 11 is 6.03. The molecule has 1 N–H and O–H groups in total. The maximum Gasteiger partial charge on any atom is 0.249 e. The summed E-state index contributed by atoms with van der Waals surface area (Å²) in [5, 5.41) is 3.49. The second-order valence-electron chi connectivity index (χ2n) is 3.63. The molecule has 0 fully saturated rings. The zero-order valence-corrected chi connectivity index (χ0v) is 10.4. The van der Waals surface area contributed by atoms with Gasteiger partial charge < -0.3 is 10.1 Å². The molecule has 1 rings (SSSR count). The lowest BCUT2D eigenvalue weighted by Gasteiger charge is -2.18. The standard InChI is InChI=1S/C12H16ClNO2/c1-8(14-12(15)9(2)16-3)10-6-4-5-7-11(10)13/h4-9H,1-3H3,(H,14,15). The van der Waals surface area contributed by atoms with Crippen LogP contribution in [0, 0.1) is 0 Å². The van der Waals surface area contributed by atoms with E-state index < -0.39 is 6.10 Å². The van der Waals surface area contributed by atoms with Gasteiger partial charge in [0.25, 0.3) is 0 Å². The first kappa shape index (κ1) is 13.0. The number of carbonyl (C=O) groups excluding carboxylic acids is 1. The third-order valence-corrected chi connectivity index (χ3v) is 2.80. The van der Waals surface area contributed by atoms with E-state index in [0.29, 0.717) is 5.02 Å². The van der Waals surface area contributed by atoms with Crippen LogP contribution in [0.25, 0.3) is 0 Å². The van der Waals surface area contributed by atoms with Crippen molar-refractivity contribution in [2.75, 3.05) is 7.11 Å². The van der Waals surface area contributed by atoms with Crippen LogP contribution in [-0.2, 0) is 9.53 Å². The number of rotatable bonds is 4. The minimum Gasteiger partial charge on any atom is -0.372 e. The molecular weight excluding hydrogens is 226 g/mol. The number of hydrogen-bond acceptors (Lipinski definition) is 2. The van der Waals surface area contributed by atoms with Gasteiger partial charge in [-0.05, 0) is 25.5 Å². The lowest BCUT2D eigenvalue weighted by Crippen LogP contribution is -2.35. The monoisotopic (exact) mass is 241 g/mol. The van der Waals surface area contributed by atoms with Crippen molar-refractivity contribution < 1.29 is 9.53 Å². The zero-order valence-electron chi connectivity index (χ0n) is 9.66. The van der Waals surface area contributed by atoms with Gasteiger partial charge in [-0.2, -0.15) is 0 Å². The first-order chi connectivity index (χ1) is 7.56. The van der Waals surface area contributed by atoms with Gasteiger partial charge in [0.1, 0.15) is 6.10 Å². The molecular formula is C12H16ClNO2. The van der Waals surface area contributed by atoms with Crippen molar-refractivity contribution in [2.45, 2.75) is 26.0 Å². The number of benzene rings is 1. The van der Waals surface area contributed by atoms with E-state index in [2.05, 4.69) is 5.32 Å². The molecule has 0 aliphatic heterocycles. The van der Waals surface area contributed by atoms with Gasteiger partial charge in [-0.3, -0.25) is 4.79 Å². The van der Waals surface area contributed by atoms with Crippen LogP contribution in [0.15, 0.2) is 24.3 Å². The highest BCUT2D eigenvalue weighted by Crippen LogP contribution is 2.22. The minimum atomic E-state index is -0.454. The third kappa shape index (κ3) is 3.22. The molecule has 88 valence electrons. The van der Waals surface area contributed by atoms with Gasteiger partial charge in [-0.15, -0.1) is 0 Å². The number of halogens is 1. The van der Waals surface area contributed by atoms with Crippen LogP contribution in [0.4, 0.5) is 0 Å². The summed E-state index contributed by atoms with van der Waals surface area (Å²) in [6.45, 7) is 3.59. The number of carbonyl (C=O) groups is 1. The van der Waals surface area contributed by atoms with E-state index >= 15 is 0 Å². The predicted molar refractivity (Wildman–Crippen MR) is 64.5 cm³/mol. The van der Waals surface area contributed by atoms with Crippen LogP contribution in [0.5, 0.6) is 0 Å². The van der Waals surface area contributed by atoms with E-state index in [1.807, 2.05) is 25.1 Å². The Kier molecular flexibility index (Phi) is 4.77. The Labute approximate surface area is 101 Å². The number of amides is 1. The van der Waals surface area contributed by atoms with Gasteiger partial charge in [0.15, 0.2) is 0 Å². The van der Waals surface area contributed by atoms with Gasteiger partial charge >= 0.3 is 0 Å². The maximum absolute atomic E-state index is 11.6. The highest BCUT2D eigenvalue weighted by atomic mass is 35.5. The molecule has 4 heteroatoms. The molecule has 0 heterocycles. The number of nitrogens with one attached hydrogen (secondary N) is 1. The molecule has 2 unspecified atom stereocenters. The molecule has 0 radical (unpaired) electrons. The fourth-order valence-corrected chi connectivity index (χ4v) is 1.64. The summed E-state index contributed by atoms with van der Waals surface area (Å²) in [6, 6.07) is 7.32. The van der Waals surface area contributed by atoms with Crippen LogP contribution >= 0.6 is 11.6 Å². The van der Waals surface area contributed by atoms with Crippen LogP contribution in [0.3, 0.4) is 0 Å². The van der Waals surface area contributed by atoms with Crippen LogP contribution in [0.2, 0.25) is 5.02 Å². The Hall–Kier alpha value is -1.06. The fourth-order valence-electron chi connectivity index (χ4n) is 1.34. The topological polar surface area (TPSA) is 38.3 Å². The molecule has 0 saturated carbocycles. The van der Waals surface area contributed by atoms with E-state index in [9.17, 15) is 4.79 Å². The highest BCUT2D eigenvalue weighted by Gasteiger charge is 2.16. The molecule has 1 aromatic carbocycles. The summed E-state index contributed by atoms with van der Waals surface area (Å²) in [6.07, 6.45) is -0.454. The maximum atomic E-state index is 11.6. The van der Waals surface area contributed by atoms with E-state index in [4.69, 9.17) is 16.3 Å². The van der Waals surface area contributed by atoms with Crippen molar-refractivity contribution in [3.8, 4) is 0 Å². The van der Waals surface area contributed by atoms with Crippen LogP contribution < -0.4 is 5.32 Å². The Morgan fingerprint density at radius 2 is 2.00 bits per heavy atom. The summed E-state index contributed by atoms with van der Waals surface area (Å²) in [5.74, 6) is -0.144. The summed E-state index contributed by atoms with van der Waals surface area (Å²) in [4.78, 5) is 11.6. The molecule has 0 aliphatic carbocycles. The Morgan fingerprint density at radius 3 is 2.56 bits per heavy atom. The molecule has 0 aliphatic rings. The van der Waals surface area contributed by atoms with E-state index in [1.165, 1.54) is 7.11 Å². The smallest absolute Gasteiger partial charge is 0.249 e. The van der Waals surface area contributed by atoms with Gasteiger partial charge in [0.05, 0.1) is 6.04 Å². The lowest BCUT2D eigenvalue weighted by molar-refractivity contribution is -0.130. The molecule has 1 amide bonds. The van der Waals surface area contributed by atoms with E-state index in [0.717, 1.165) is 5.56 Å². The van der Waals surface area contributed by atoms with Gasteiger partial charge in [-0.1, -0.05) is 29.8 Å². The molecule has 0 spiro atoms. The molecule has 0 aromatic heterocycles. The van der Waals surface area contributed by atoms with Crippen molar-refractivity contribution in [2.24, 2.45) is 0 Å². The summed E-state index contributed by atoms with van der Waals surface area (Å²) in [5.41, 5.74) is 0.904. The molecule has 2 atom stereocenters. The number of hydrogen-bond donors (Lipinski definition) is 1. The van der Waals surface area contributed by atoms with Gasteiger partial charge in [0.2, 0.25) is 5.91 Å². The summed E-state index contributed by atoms with van der Waals surface area (Å²) in [7, 11) is 1.50. The Morgan fingerprint density at radius 1 is 1.38 bits per heavy atom. The largest absolute Gasteiger partial charge is 0.372 e. The molecule has 16 heavy (non-hydrogen) atoms. The van der Waals surface area contributed by atoms with Gasteiger partial charge in [0, 0.05) is 12.1 Å². The zero-order chi connectivity index (χ0) is 12.1. The number of methoxy groups -OCH3 is 1. The normalized spacial score (nSPS) is 14.2. The average Bonchev–Trinajstić information content (AvgIpc) is 2.28. The second-order valence-corrected chi connectivity index (χ2v) is 4.04.